The van der Waals surface area contributed by atoms with E-state index in [-0.39, 0.29) is 44.6 Å². The van der Waals surface area contributed by atoms with Gasteiger partial charge in [-0.25, -0.2) is 0 Å². The summed E-state index contributed by atoms with van der Waals surface area (Å²) in [4.78, 5) is 5.44. The molecule has 0 saturated carbocycles. The molecule has 2 heterocycles. The van der Waals surface area contributed by atoms with Crippen LogP contribution in [0.15, 0.2) is 103 Å². The van der Waals surface area contributed by atoms with E-state index < -0.39 is 0 Å². The molecule has 70 heavy (non-hydrogen) atoms. The lowest BCUT2D eigenvalue weighted by atomic mass is 9.33. The highest BCUT2D eigenvalue weighted by molar-refractivity contribution is 7.00. The molecule has 10 rings (SSSR count). The molecule has 2 aliphatic heterocycles. The van der Waals surface area contributed by atoms with E-state index in [1.165, 1.54) is 132 Å². The maximum Gasteiger partial charge on any atom is 0.252 e. The molecule has 4 aliphatic rings. The van der Waals surface area contributed by atoms with E-state index in [0.29, 0.717) is 5.92 Å². The van der Waals surface area contributed by atoms with Gasteiger partial charge >= 0.3 is 0 Å². The molecule has 0 radical (unpaired) electrons. The summed E-state index contributed by atoms with van der Waals surface area (Å²) in [7, 11) is 0. The predicted molar refractivity (Wildman–Crippen MR) is 307 cm³/mol. The number of anilines is 6. The highest BCUT2D eigenvalue weighted by Crippen LogP contribution is 2.54. The second-order valence-electron chi connectivity index (χ2n) is 28.3. The second kappa shape index (κ2) is 15.7. The average molecular weight is 927 g/mol. The first kappa shape index (κ1) is 48.6. The molecular formula is C67H83BN2. The van der Waals surface area contributed by atoms with Gasteiger partial charge in [0.05, 0.1) is 5.69 Å². The van der Waals surface area contributed by atoms with Gasteiger partial charge in [-0.15, -0.1) is 0 Å². The Balaban J connectivity index is 1.36. The molecule has 0 unspecified atom stereocenters. The third-order valence-electron chi connectivity index (χ3n) is 17.8. The van der Waals surface area contributed by atoms with Crippen molar-refractivity contribution in [3.63, 3.8) is 0 Å². The Labute approximate surface area is 424 Å². The zero-order valence-electron chi connectivity index (χ0n) is 46.7. The first-order valence-electron chi connectivity index (χ1n) is 26.9. The first-order valence-corrected chi connectivity index (χ1v) is 26.9. The third-order valence-corrected chi connectivity index (χ3v) is 17.8. The summed E-state index contributed by atoms with van der Waals surface area (Å²) in [5.41, 5.74) is 26.2. The largest absolute Gasteiger partial charge is 0.311 e. The van der Waals surface area contributed by atoms with Crippen LogP contribution in [0.5, 0.6) is 0 Å². The van der Waals surface area contributed by atoms with Crippen LogP contribution in [0.3, 0.4) is 0 Å². The van der Waals surface area contributed by atoms with Crippen molar-refractivity contribution in [2.75, 3.05) is 9.80 Å². The van der Waals surface area contributed by atoms with Crippen LogP contribution in [-0.4, -0.2) is 6.71 Å². The lowest BCUT2D eigenvalue weighted by molar-refractivity contribution is 0.332. The minimum Gasteiger partial charge on any atom is -0.311 e. The number of rotatable bonds is 4. The van der Waals surface area contributed by atoms with Crippen molar-refractivity contribution < 1.29 is 0 Å². The molecule has 2 nitrogen and oxygen atoms in total. The Morgan fingerprint density at radius 3 is 1.51 bits per heavy atom. The molecule has 364 valence electrons. The lowest BCUT2D eigenvalue weighted by Gasteiger charge is -2.48. The van der Waals surface area contributed by atoms with Crippen LogP contribution in [0.4, 0.5) is 34.1 Å². The van der Waals surface area contributed by atoms with Gasteiger partial charge < -0.3 is 9.80 Å². The topological polar surface area (TPSA) is 6.48 Å². The van der Waals surface area contributed by atoms with E-state index in [9.17, 15) is 0 Å². The molecule has 0 bridgehead atoms. The Kier molecular flexibility index (Phi) is 10.9. The van der Waals surface area contributed by atoms with Crippen molar-refractivity contribution in [3.05, 3.63) is 148 Å². The number of hydrogen-bond acceptors (Lipinski definition) is 2. The lowest BCUT2D eigenvalue weighted by Crippen LogP contribution is -2.62. The van der Waals surface area contributed by atoms with Crippen LogP contribution < -0.4 is 26.2 Å². The van der Waals surface area contributed by atoms with Gasteiger partial charge in [-0.1, -0.05) is 186 Å². The van der Waals surface area contributed by atoms with E-state index in [1.54, 1.807) is 0 Å². The average Bonchev–Trinajstić information content (AvgIpc) is 3.27. The van der Waals surface area contributed by atoms with E-state index in [2.05, 4.69) is 244 Å². The van der Waals surface area contributed by atoms with Gasteiger partial charge in [-0.2, -0.15) is 0 Å². The van der Waals surface area contributed by atoms with Gasteiger partial charge in [0.2, 0.25) is 0 Å². The Morgan fingerprint density at radius 1 is 0.429 bits per heavy atom. The van der Waals surface area contributed by atoms with Gasteiger partial charge in [-0.3, -0.25) is 0 Å². The fourth-order valence-corrected chi connectivity index (χ4v) is 12.7. The molecule has 0 atom stereocenters. The van der Waals surface area contributed by atoms with Crippen LogP contribution in [0, 0.1) is 0 Å². The smallest absolute Gasteiger partial charge is 0.252 e. The van der Waals surface area contributed by atoms with Crippen molar-refractivity contribution in [2.45, 2.75) is 201 Å². The van der Waals surface area contributed by atoms with Gasteiger partial charge in [0, 0.05) is 34.0 Å². The molecule has 2 aliphatic carbocycles. The Bertz CT molecular complexity index is 3100. The number of benzene rings is 6. The highest BCUT2D eigenvalue weighted by Gasteiger charge is 2.48. The quantitative estimate of drug-likeness (QED) is 0.162. The Morgan fingerprint density at radius 2 is 0.929 bits per heavy atom. The molecular weight excluding hydrogens is 844 g/mol. The molecule has 0 saturated heterocycles. The Hall–Kier alpha value is -5.02. The second-order valence-corrected chi connectivity index (χ2v) is 28.3. The van der Waals surface area contributed by atoms with E-state index in [1.807, 2.05) is 0 Å². The van der Waals surface area contributed by atoms with E-state index >= 15 is 0 Å². The summed E-state index contributed by atoms with van der Waals surface area (Å²) >= 11 is 0. The van der Waals surface area contributed by atoms with Crippen molar-refractivity contribution in [2.24, 2.45) is 0 Å². The monoisotopic (exact) mass is 927 g/mol. The minimum atomic E-state index is -0.0450. The number of nitrogens with zero attached hydrogens (tertiary/aromatic N) is 2. The summed E-state index contributed by atoms with van der Waals surface area (Å²) in [6.07, 6.45) is 4.74. The standard InChI is InChI=1S/C67H83BN2/c1-41(2)43-34-58-60-59(35-43)70(55-28-24-45(62(6,7)8)36-48(55)42-21-20-22-44(33-42)61(3,4)5)56-37-46(63(9,10)11)23-27-53(56)68(60)54-39-51-52(67(18,19)32-31-66(51,16)17)40-57(54)69(58)47-25-26-49-50(38-47)65(14,15)30-29-64(49,12)13/h20-28,33-41H,29-32H2,1-19H3. The van der Waals surface area contributed by atoms with Crippen molar-refractivity contribution >= 4 is 57.2 Å². The van der Waals surface area contributed by atoms with Gasteiger partial charge in [0.25, 0.3) is 6.71 Å². The third kappa shape index (κ3) is 7.81. The normalized spacial score (nSPS) is 18.5. The van der Waals surface area contributed by atoms with Gasteiger partial charge in [0.15, 0.2) is 0 Å². The number of fused-ring (bicyclic) bond motifs is 6. The summed E-state index contributed by atoms with van der Waals surface area (Å²) in [6, 6.07) is 42.5. The molecule has 0 aromatic heterocycles. The summed E-state index contributed by atoms with van der Waals surface area (Å²) in [5, 5.41) is 0. The van der Waals surface area contributed by atoms with Crippen LogP contribution in [0.25, 0.3) is 11.1 Å². The number of hydrogen-bond donors (Lipinski definition) is 0. The molecule has 0 spiro atoms. The fourth-order valence-electron chi connectivity index (χ4n) is 12.7. The molecule has 3 heteroatoms. The molecule has 6 aromatic rings. The van der Waals surface area contributed by atoms with Crippen LogP contribution >= 0.6 is 0 Å². The molecule has 0 N–H and O–H groups in total. The zero-order chi connectivity index (χ0) is 50.6. The SMILES string of the molecule is CC(C)c1cc2c3c(c1)N(c1ccc(C(C)(C)C)cc1-c1cccc(C(C)(C)C)c1)c1cc(C(C)(C)C)ccc1B3c1cc3c(cc1N2c1ccc2c(c1)C(C)(C)CCC2(C)C)C(C)(C)CCC3(C)C. The van der Waals surface area contributed by atoms with E-state index in [4.69, 9.17) is 0 Å². The minimum absolute atomic E-state index is 0.0104. The molecule has 0 fully saturated rings. The maximum atomic E-state index is 2.73. The van der Waals surface area contributed by atoms with Gasteiger partial charge in [0.1, 0.15) is 0 Å². The van der Waals surface area contributed by atoms with Crippen LogP contribution in [0.2, 0.25) is 0 Å². The summed E-state index contributed by atoms with van der Waals surface area (Å²) in [6.45, 7) is 45.9. The van der Waals surface area contributed by atoms with Crippen molar-refractivity contribution in [1.29, 1.82) is 0 Å². The summed E-state index contributed by atoms with van der Waals surface area (Å²) < 4.78 is 0. The van der Waals surface area contributed by atoms with Crippen LogP contribution in [-0.2, 0) is 37.9 Å². The molecule has 0 amide bonds. The van der Waals surface area contributed by atoms with Crippen LogP contribution in [0.1, 0.15) is 208 Å². The molecule has 6 aromatic carbocycles. The first-order chi connectivity index (χ1) is 32.4. The maximum absolute atomic E-state index is 2.73. The zero-order valence-corrected chi connectivity index (χ0v) is 46.7. The van der Waals surface area contributed by atoms with Crippen molar-refractivity contribution in [1.82, 2.24) is 0 Å². The highest BCUT2D eigenvalue weighted by atomic mass is 15.2. The van der Waals surface area contributed by atoms with E-state index in [0.717, 1.165) is 0 Å². The predicted octanol–water partition coefficient (Wildman–Crippen LogP) is 17.2. The summed E-state index contributed by atoms with van der Waals surface area (Å²) in [5.74, 6) is 0.310. The van der Waals surface area contributed by atoms with Crippen molar-refractivity contribution in [3.8, 4) is 11.1 Å². The van der Waals surface area contributed by atoms with Gasteiger partial charge in [-0.05, 0) is 184 Å². The fraction of sp³-hybridized carbons (Fsp3) is 0.463.